The van der Waals surface area contributed by atoms with E-state index in [1.54, 1.807) is 13.2 Å². The van der Waals surface area contributed by atoms with Gasteiger partial charge < -0.3 is 15.6 Å². The Bertz CT molecular complexity index is 944. The Kier molecular flexibility index (Phi) is 6.39. The van der Waals surface area contributed by atoms with Crippen LogP contribution in [-0.2, 0) is 16.3 Å². The molecule has 6 nitrogen and oxygen atoms in total. The summed E-state index contributed by atoms with van der Waals surface area (Å²) in [7, 11) is -2.23. The number of nitrogens with two attached hydrogens (primary N) is 1. The van der Waals surface area contributed by atoms with Gasteiger partial charge in [-0.2, -0.15) is 0 Å². The molecule has 26 heavy (non-hydrogen) atoms. The number of halogens is 2. The number of ether oxygens (including phenoxy) is 1. The van der Waals surface area contributed by atoms with Crippen molar-refractivity contribution in [1.29, 1.82) is 0 Å². The fourth-order valence-electron chi connectivity index (χ4n) is 2.47. The lowest BCUT2D eigenvalue weighted by atomic mass is 10.1. The third-order valence-corrected chi connectivity index (χ3v) is 6.30. The Hall–Kier alpha value is -1.96. The van der Waals surface area contributed by atoms with E-state index < -0.39 is 21.4 Å². The smallest absolute Gasteiger partial charge is 0.338 e. The van der Waals surface area contributed by atoms with Crippen LogP contribution in [0.15, 0.2) is 35.2 Å². The first kappa shape index (κ1) is 20.4. The molecule has 2 aromatic rings. The number of sulfone groups is 1. The molecule has 0 heterocycles. The molecule has 0 amide bonds. The summed E-state index contributed by atoms with van der Waals surface area (Å²) in [6, 6.07) is 8.36. The van der Waals surface area contributed by atoms with Crippen molar-refractivity contribution in [1.82, 2.24) is 0 Å². The van der Waals surface area contributed by atoms with Crippen molar-refractivity contribution in [2.45, 2.75) is 17.7 Å². The van der Waals surface area contributed by atoms with E-state index >= 15 is 0 Å². The van der Waals surface area contributed by atoms with Crippen LogP contribution >= 0.6 is 23.2 Å². The molecule has 0 bridgehead atoms. The van der Waals surface area contributed by atoms with Gasteiger partial charge in [0.25, 0.3) is 0 Å². The van der Waals surface area contributed by atoms with Crippen molar-refractivity contribution in [3.05, 3.63) is 51.5 Å². The second kappa shape index (κ2) is 8.16. The highest BCUT2D eigenvalue weighted by Gasteiger charge is 2.25. The molecule has 140 valence electrons. The fraction of sp³-hybridized carbons (Fsp3) is 0.235. The molecule has 0 unspecified atom stereocenters. The van der Waals surface area contributed by atoms with Gasteiger partial charge in [-0.25, -0.2) is 13.2 Å². The molecule has 0 saturated heterocycles. The average molecular weight is 418 g/mol. The summed E-state index contributed by atoms with van der Waals surface area (Å²) < 4.78 is 30.3. The van der Waals surface area contributed by atoms with Crippen molar-refractivity contribution in [3.8, 4) is 5.75 Å². The minimum atomic E-state index is -3.78. The Labute approximate surface area is 161 Å². The van der Waals surface area contributed by atoms with E-state index in [0.717, 1.165) is 11.6 Å². The Morgan fingerprint density at radius 2 is 1.96 bits per heavy atom. The van der Waals surface area contributed by atoms with E-state index in [4.69, 9.17) is 38.8 Å². The Morgan fingerprint density at radius 3 is 2.58 bits per heavy atom. The van der Waals surface area contributed by atoms with Gasteiger partial charge in [-0.3, -0.25) is 0 Å². The zero-order valence-corrected chi connectivity index (χ0v) is 16.2. The molecule has 0 aliphatic carbocycles. The number of aryl methyl sites for hydroxylation is 1. The molecule has 0 spiro atoms. The largest absolute Gasteiger partial charge is 0.497 e. The summed E-state index contributed by atoms with van der Waals surface area (Å²) in [6.07, 6.45) is 0.857. The summed E-state index contributed by atoms with van der Waals surface area (Å²) in [4.78, 5) is 10.9. The van der Waals surface area contributed by atoms with Crippen molar-refractivity contribution in [2.24, 2.45) is 0 Å². The van der Waals surface area contributed by atoms with Crippen LogP contribution in [0, 0.1) is 0 Å². The molecule has 3 N–H and O–H groups in total. The van der Waals surface area contributed by atoms with E-state index in [0.29, 0.717) is 18.6 Å². The number of benzene rings is 2. The van der Waals surface area contributed by atoms with Crippen molar-refractivity contribution in [2.75, 3.05) is 18.6 Å². The maximum Gasteiger partial charge on any atom is 0.338 e. The highest BCUT2D eigenvalue weighted by Crippen LogP contribution is 2.36. The Balaban J connectivity index is 2.21. The fourth-order valence-corrected chi connectivity index (χ4v) is 4.69. The average Bonchev–Trinajstić information content (AvgIpc) is 2.57. The summed E-state index contributed by atoms with van der Waals surface area (Å²) in [5.41, 5.74) is 5.96. The third-order valence-electron chi connectivity index (χ3n) is 3.78. The predicted octanol–water partition coefficient (Wildman–Crippen LogP) is 3.69. The van der Waals surface area contributed by atoms with Gasteiger partial charge in [-0.15, -0.1) is 0 Å². The zero-order valence-electron chi connectivity index (χ0n) is 13.8. The summed E-state index contributed by atoms with van der Waals surface area (Å²) in [5, 5.41) is 8.44. The standard InChI is InChI=1S/C17H17Cl2NO5S/c1-25-11-6-2-4-10(8-11)5-3-7-26(23,24)13-9-12(18)14(17(21)22)15(19)16(13)20/h2,4,6,8-9H,3,5,7,20H2,1H3,(H,21,22). The summed E-state index contributed by atoms with van der Waals surface area (Å²) >= 11 is 11.8. The summed E-state index contributed by atoms with van der Waals surface area (Å²) in [5.74, 6) is -0.876. The van der Waals surface area contributed by atoms with Gasteiger partial charge in [0.15, 0.2) is 9.84 Å². The second-order valence-corrected chi connectivity index (χ2v) is 8.40. The van der Waals surface area contributed by atoms with Crippen LogP contribution in [0.4, 0.5) is 5.69 Å². The Morgan fingerprint density at radius 1 is 1.27 bits per heavy atom. The zero-order chi connectivity index (χ0) is 19.5. The van der Waals surface area contributed by atoms with Crippen LogP contribution in [-0.4, -0.2) is 32.4 Å². The number of nitrogen functional groups attached to an aromatic ring is 1. The number of hydrogen-bond acceptors (Lipinski definition) is 5. The predicted molar refractivity (Wildman–Crippen MR) is 101 cm³/mol. The number of carbonyl (C=O) groups is 1. The minimum absolute atomic E-state index is 0.187. The lowest BCUT2D eigenvalue weighted by Gasteiger charge is -2.12. The highest BCUT2D eigenvalue weighted by atomic mass is 35.5. The normalized spacial score (nSPS) is 11.3. The maximum absolute atomic E-state index is 12.6. The van der Waals surface area contributed by atoms with Gasteiger partial charge in [0.05, 0.1) is 39.1 Å². The molecule has 0 aliphatic rings. The number of rotatable bonds is 7. The highest BCUT2D eigenvalue weighted by molar-refractivity contribution is 7.91. The van der Waals surface area contributed by atoms with Crippen molar-refractivity contribution in [3.63, 3.8) is 0 Å². The molecule has 0 aliphatic heterocycles. The third kappa shape index (κ3) is 4.41. The van der Waals surface area contributed by atoms with E-state index in [1.165, 1.54) is 0 Å². The van der Waals surface area contributed by atoms with Gasteiger partial charge in [-0.1, -0.05) is 35.3 Å². The number of hydrogen-bond donors (Lipinski definition) is 2. The van der Waals surface area contributed by atoms with Gasteiger partial charge in [0.2, 0.25) is 0 Å². The van der Waals surface area contributed by atoms with E-state index in [9.17, 15) is 13.2 Å². The second-order valence-electron chi connectivity index (χ2n) is 5.54. The summed E-state index contributed by atoms with van der Waals surface area (Å²) in [6.45, 7) is 0. The monoisotopic (exact) mass is 417 g/mol. The number of carboxylic acids is 1. The lowest BCUT2D eigenvalue weighted by Crippen LogP contribution is -2.13. The number of carboxylic acid groups (broad SMARTS) is 1. The van der Waals surface area contributed by atoms with Crippen LogP contribution in [0.2, 0.25) is 10.0 Å². The van der Waals surface area contributed by atoms with Crippen molar-refractivity contribution < 1.29 is 23.1 Å². The van der Waals surface area contributed by atoms with Crippen LogP contribution in [0.3, 0.4) is 0 Å². The molecule has 0 fully saturated rings. The van der Waals surface area contributed by atoms with Crippen LogP contribution in [0.1, 0.15) is 22.3 Å². The molecule has 0 radical (unpaired) electrons. The maximum atomic E-state index is 12.6. The SMILES string of the molecule is COc1cccc(CCCS(=O)(=O)c2cc(Cl)c(C(=O)O)c(Cl)c2N)c1. The van der Waals surface area contributed by atoms with Crippen LogP contribution < -0.4 is 10.5 Å². The minimum Gasteiger partial charge on any atom is -0.497 e. The van der Waals surface area contributed by atoms with Crippen LogP contribution in [0.5, 0.6) is 5.75 Å². The molecular formula is C17H17Cl2NO5S. The first-order valence-corrected chi connectivity index (χ1v) is 9.94. The van der Waals surface area contributed by atoms with Crippen molar-refractivity contribution >= 4 is 44.7 Å². The molecule has 9 heteroatoms. The molecule has 0 atom stereocenters. The molecule has 2 rings (SSSR count). The molecule has 2 aromatic carbocycles. The van der Waals surface area contributed by atoms with E-state index in [2.05, 4.69) is 0 Å². The van der Waals surface area contributed by atoms with E-state index in [-0.39, 0.29) is 26.4 Å². The molecular weight excluding hydrogens is 401 g/mol. The van der Waals surface area contributed by atoms with Gasteiger partial charge in [0.1, 0.15) is 5.75 Å². The van der Waals surface area contributed by atoms with Gasteiger partial charge in [0, 0.05) is 0 Å². The molecule has 0 saturated carbocycles. The quantitative estimate of drug-likeness (QED) is 0.665. The van der Waals surface area contributed by atoms with Gasteiger partial charge in [-0.05, 0) is 36.6 Å². The number of methoxy groups -OCH3 is 1. The van der Waals surface area contributed by atoms with Gasteiger partial charge >= 0.3 is 5.97 Å². The number of aromatic carboxylic acids is 1. The van der Waals surface area contributed by atoms with Crippen LogP contribution in [0.25, 0.3) is 0 Å². The first-order valence-electron chi connectivity index (χ1n) is 7.54. The molecule has 0 aromatic heterocycles. The van der Waals surface area contributed by atoms with E-state index in [1.807, 2.05) is 18.2 Å². The lowest BCUT2D eigenvalue weighted by molar-refractivity contribution is 0.0697. The topological polar surface area (TPSA) is 107 Å². The number of anilines is 1. The first-order chi connectivity index (χ1) is 12.2.